The number of hydrogen-bond donors (Lipinski definition) is 1. The maximum Gasteiger partial charge on any atom is 0.170 e. The van der Waals surface area contributed by atoms with E-state index < -0.39 is 0 Å². The molecule has 0 unspecified atom stereocenters. The molecule has 0 atom stereocenters. The van der Waals surface area contributed by atoms with Gasteiger partial charge < -0.3 is 5.11 Å². The lowest BCUT2D eigenvalue weighted by molar-refractivity contribution is 0.0990. The largest absolute Gasteiger partial charge is 0.507 e. The smallest absolute Gasteiger partial charge is 0.170 e. The highest BCUT2D eigenvalue weighted by Crippen LogP contribution is 2.25. The predicted molar refractivity (Wildman–Crippen MR) is 94.1 cm³/mol. The Labute approximate surface area is 142 Å². The summed E-state index contributed by atoms with van der Waals surface area (Å²) >= 11 is 6.66. The van der Waals surface area contributed by atoms with E-state index in [1.807, 2.05) is 39.0 Å². The van der Waals surface area contributed by atoms with Crippen molar-refractivity contribution in [3.8, 4) is 5.75 Å². The van der Waals surface area contributed by atoms with Crippen molar-refractivity contribution in [3.63, 3.8) is 0 Å². The van der Waals surface area contributed by atoms with Crippen molar-refractivity contribution in [1.29, 1.82) is 0 Å². The van der Waals surface area contributed by atoms with Crippen LogP contribution in [0.3, 0.4) is 0 Å². The number of aryl methyl sites for hydroxylation is 1. The molecule has 0 fully saturated rings. The summed E-state index contributed by atoms with van der Waals surface area (Å²) in [7, 11) is 0. The van der Waals surface area contributed by atoms with E-state index in [1.54, 1.807) is 12.1 Å². The second-order valence-electron chi connectivity index (χ2n) is 4.33. The number of phenolic OH excluding ortho intramolecular Hbond substituents is 1. The Kier molecular flexibility index (Phi) is 7.12. The SMILES string of the molecule is CC.Cc1ccc(Br)cc1CC(=O)c1ccc(Br)cc1O. The van der Waals surface area contributed by atoms with Gasteiger partial charge in [0.15, 0.2) is 5.78 Å². The van der Waals surface area contributed by atoms with Crippen molar-refractivity contribution in [3.05, 3.63) is 62.0 Å². The number of ketones is 1. The molecule has 112 valence electrons. The van der Waals surface area contributed by atoms with Crippen LogP contribution in [0.5, 0.6) is 5.75 Å². The minimum atomic E-state index is -0.0915. The lowest BCUT2D eigenvalue weighted by Gasteiger charge is -2.07. The number of carbonyl (C=O) groups excluding carboxylic acids is 1. The number of hydrogen-bond acceptors (Lipinski definition) is 2. The van der Waals surface area contributed by atoms with Crippen LogP contribution in [0.15, 0.2) is 45.3 Å². The van der Waals surface area contributed by atoms with Crippen LogP contribution in [0.4, 0.5) is 0 Å². The van der Waals surface area contributed by atoms with Crippen molar-refractivity contribution in [1.82, 2.24) is 0 Å². The van der Waals surface area contributed by atoms with E-state index in [-0.39, 0.29) is 18.0 Å². The summed E-state index contributed by atoms with van der Waals surface area (Å²) in [6.07, 6.45) is 0.278. The molecular weight excluding hydrogens is 396 g/mol. The van der Waals surface area contributed by atoms with E-state index in [2.05, 4.69) is 31.9 Å². The number of rotatable bonds is 3. The van der Waals surface area contributed by atoms with Gasteiger partial charge in [-0.2, -0.15) is 0 Å². The van der Waals surface area contributed by atoms with Crippen LogP contribution < -0.4 is 0 Å². The Bertz CT molecular complexity index is 637. The number of benzene rings is 2. The lowest BCUT2D eigenvalue weighted by atomic mass is 9.99. The highest BCUT2D eigenvalue weighted by atomic mass is 79.9. The molecule has 0 saturated carbocycles. The molecule has 0 bridgehead atoms. The minimum absolute atomic E-state index is 0.00650. The second-order valence-corrected chi connectivity index (χ2v) is 6.16. The topological polar surface area (TPSA) is 37.3 Å². The fourth-order valence-corrected chi connectivity index (χ4v) is 2.60. The van der Waals surface area contributed by atoms with Crippen molar-refractivity contribution < 1.29 is 9.90 Å². The molecule has 0 aliphatic carbocycles. The highest BCUT2D eigenvalue weighted by molar-refractivity contribution is 9.10. The van der Waals surface area contributed by atoms with E-state index in [4.69, 9.17) is 0 Å². The number of carbonyl (C=O) groups is 1. The van der Waals surface area contributed by atoms with Gasteiger partial charge in [-0.15, -0.1) is 0 Å². The normalized spacial score (nSPS) is 9.76. The van der Waals surface area contributed by atoms with Gasteiger partial charge in [0.2, 0.25) is 0 Å². The van der Waals surface area contributed by atoms with Crippen molar-refractivity contribution >= 4 is 37.6 Å². The van der Waals surface area contributed by atoms with E-state index in [0.717, 1.165) is 20.1 Å². The van der Waals surface area contributed by atoms with Crippen LogP contribution in [0.1, 0.15) is 35.3 Å². The van der Waals surface area contributed by atoms with Crippen LogP contribution in [-0.4, -0.2) is 10.9 Å². The van der Waals surface area contributed by atoms with Crippen LogP contribution in [0, 0.1) is 6.92 Å². The maximum absolute atomic E-state index is 12.2. The quantitative estimate of drug-likeness (QED) is 0.657. The van der Waals surface area contributed by atoms with Gasteiger partial charge in [0.1, 0.15) is 5.75 Å². The van der Waals surface area contributed by atoms with Gasteiger partial charge in [-0.05, 0) is 48.4 Å². The van der Waals surface area contributed by atoms with Crippen molar-refractivity contribution in [2.45, 2.75) is 27.2 Å². The molecule has 0 spiro atoms. The molecule has 21 heavy (non-hydrogen) atoms. The van der Waals surface area contributed by atoms with Gasteiger partial charge in [0.05, 0.1) is 5.56 Å². The first-order chi connectivity index (χ1) is 9.97. The summed E-state index contributed by atoms with van der Waals surface area (Å²) in [5, 5.41) is 9.80. The van der Waals surface area contributed by atoms with Gasteiger partial charge in [0.25, 0.3) is 0 Å². The average Bonchev–Trinajstić information content (AvgIpc) is 2.45. The predicted octanol–water partition coefficient (Wildman–Crippen LogP) is 5.68. The van der Waals surface area contributed by atoms with Gasteiger partial charge in [-0.25, -0.2) is 0 Å². The molecule has 0 radical (unpaired) electrons. The molecule has 0 amide bonds. The number of phenols is 1. The standard InChI is InChI=1S/C15H12Br2O2.C2H6/c1-9-2-3-11(16)6-10(9)7-14(18)13-5-4-12(17)8-15(13)19;1-2/h2-6,8,19H,7H2,1H3;1-2H3. The summed E-state index contributed by atoms with van der Waals surface area (Å²) in [5.41, 5.74) is 2.37. The zero-order valence-electron chi connectivity index (χ0n) is 12.3. The van der Waals surface area contributed by atoms with Crippen LogP contribution in [-0.2, 0) is 6.42 Å². The van der Waals surface area contributed by atoms with Gasteiger partial charge >= 0.3 is 0 Å². The Hall–Kier alpha value is -1.13. The first-order valence-corrected chi connectivity index (χ1v) is 8.32. The number of Topliss-reactive ketones (excluding diaryl/α,β-unsaturated/α-hetero) is 1. The number of aromatic hydroxyl groups is 1. The first kappa shape index (κ1) is 17.9. The Balaban J connectivity index is 0.00000106. The van der Waals surface area contributed by atoms with E-state index >= 15 is 0 Å². The van der Waals surface area contributed by atoms with Crippen LogP contribution in [0.2, 0.25) is 0 Å². The summed E-state index contributed by atoms with van der Waals surface area (Å²) in [5.74, 6) is -0.0850. The molecule has 0 aliphatic heterocycles. The molecule has 0 aliphatic rings. The Morgan fingerprint density at radius 2 is 1.62 bits per heavy atom. The summed E-state index contributed by atoms with van der Waals surface area (Å²) in [6, 6.07) is 10.8. The molecule has 2 nitrogen and oxygen atoms in total. The molecule has 2 aromatic carbocycles. The fraction of sp³-hybridized carbons (Fsp3) is 0.235. The molecule has 0 heterocycles. The third kappa shape index (κ3) is 4.97. The molecule has 4 heteroatoms. The molecule has 2 aromatic rings. The molecular formula is C17H18Br2O2. The second kappa shape index (κ2) is 8.35. The molecule has 2 rings (SSSR count). The Morgan fingerprint density at radius 3 is 2.24 bits per heavy atom. The zero-order valence-corrected chi connectivity index (χ0v) is 15.5. The molecule has 0 aromatic heterocycles. The summed E-state index contributed by atoms with van der Waals surface area (Å²) < 4.78 is 1.70. The third-order valence-corrected chi connectivity index (χ3v) is 3.91. The van der Waals surface area contributed by atoms with E-state index in [1.165, 1.54) is 6.07 Å². The maximum atomic E-state index is 12.2. The number of halogens is 2. The van der Waals surface area contributed by atoms with Gasteiger partial charge in [0, 0.05) is 15.4 Å². The molecule has 0 saturated heterocycles. The monoisotopic (exact) mass is 412 g/mol. The van der Waals surface area contributed by atoms with Crippen molar-refractivity contribution in [2.24, 2.45) is 0 Å². The van der Waals surface area contributed by atoms with E-state index in [9.17, 15) is 9.90 Å². The van der Waals surface area contributed by atoms with Crippen molar-refractivity contribution in [2.75, 3.05) is 0 Å². The first-order valence-electron chi connectivity index (χ1n) is 6.74. The zero-order chi connectivity index (χ0) is 16.0. The van der Waals surface area contributed by atoms with E-state index in [0.29, 0.717) is 5.56 Å². The van der Waals surface area contributed by atoms with Gasteiger partial charge in [-0.3, -0.25) is 4.79 Å². The Morgan fingerprint density at radius 1 is 1.05 bits per heavy atom. The third-order valence-electron chi connectivity index (χ3n) is 2.92. The average molecular weight is 414 g/mol. The highest BCUT2D eigenvalue weighted by Gasteiger charge is 2.13. The molecule has 1 N–H and O–H groups in total. The minimum Gasteiger partial charge on any atom is -0.507 e. The lowest BCUT2D eigenvalue weighted by Crippen LogP contribution is -2.05. The van der Waals surface area contributed by atoms with Crippen LogP contribution in [0.25, 0.3) is 0 Å². The van der Waals surface area contributed by atoms with Gasteiger partial charge in [-0.1, -0.05) is 51.8 Å². The summed E-state index contributed by atoms with van der Waals surface area (Å²) in [6.45, 7) is 5.97. The summed E-state index contributed by atoms with van der Waals surface area (Å²) in [4.78, 5) is 12.2. The van der Waals surface area contributed by atoms with Crippen LogP contribution >= 0.6 is 31.9 Å². The fourth-order valence-electron chi connectivity index (χ4n) is 1.84.